The van der Waals surface area contributed by atoms with E-state index in [-0.39, 0.29) is 12.1 Å². The average molecular weight is 342 g/mol. The van der Waals surface area contributed by atoms with E-state index in [2.05, 4.69) is 24.1 Å². The van der Waals surface area contributed by atoms with Gasteiger partial charge in [-0.15, -0.1) is 11.3 Å². The van der Waals surface area contributed by atoms with Gasteiger partial charge in [-0.2, -0.15) is 11.8 Å². The maximum Gasteiger partial charge on any atom is 0.317 e. The summed E-state index contributed by atoms with van der Waals surface area (Å²) in [5.41, 5.74) is 0. The Labute approximate surface area is 142 Å². The Morgan fingerprint density at radius 1 is 1.55 bits per heavy atom. The summed E-state index contributed by atoms with van der Waals surface area (Å²) in [6, 6.07) is 0.370. The first kappa shape index (κ1) is 17.6. The Kier molecular flexibility index (Phi) is 6.56. The van der Waals surface area contributed by atoms with Crippen LogP contribution in [0.2, 0.25) is 0 Å². The van der Waals surface area contributed by atoms with Crippen LogP contribution in [0.25, 0.3) is 0 Å². The largest absolute Gasteiger partial charge is 0.329 e. The number of thiazole rings is 1. The van der Waals surface area contributed by atoms with E-state index in [1.54, 1.807) is 11.3 Å². The molecule has 0 aliphatic heterocycles. The first-order valence-electron chi connectivity index (χ1n) is 8.14. The Hall–Kier alpha value is -0.750. The molecular formula is C16H27N3OS2. The Bertz CT molecular complexity index is 491. The molecule has 0 saturated heterocycles. The smallest absolute Gasteiger partial charge is 0.317 e. The predicted octanol–water partition coefficient (Wildman–Crippen LogP) is 4.08. The highest BCUT2D eigenvalue weighted by atomic mass is 32.2. The molecule has 1 aromatic heterocycles. The minimum absolute atomic E-state index is 0.0212. The molecule has 1 N–H and O–H groups in total. The molecule has 0 unspecified atom stereocenters. The topological polar surface area (TPSA) is 45.2 Å². The fourth-order valence-electron chi connectivity index (χ4n) is 2.86. The summed E-state index contributed by atoms with van der Waals surface area (Å²) < 4.78 is 0. The molecule has 4 nitrogen and oxygen atoms in total. The SMILES string of the molecule is CCS[C@@H]1CC[C@@H](N(C)C(=O)N[C@@H](C)c2ncc(CC)s2)C1. The lowest BCUT2D eigenvalue weighted by Gasteiger charge is -2.26. The molecule has 0 radical (unpaired) electrons. The first-order valence-corrected chi connectivity index (χ1v) is 10.0. The Morgan fingerprint density at radius 3 is 2.95 bits per heavy atom. The lowest BCUT2D eigenvalue weighted by Crippen LogP contribution is -2.43. The molecule has 0 spiro atoms. The summed E-state index contributed by atoms with van der Waals surface area (Å²) >= 11 is 3.71. The van der Waals surface area contributed by atoms with E-state index in [0.29, 0.717) is 11.3 Å². The van der Waals surface area contributed by atoms with E-state index in [1.807, 2.05) is 36.8 Å². The minimum atomic E-state index is -0.0255. The van der Waals surface area contributed by atoms with Crippen molar-refractivity contribution in [3.05, 3.63) is 16.1 Å². The van der Waals surface area contributed by atoms with Gasteiger partial charge in [-0.05, 0) is 38.4 Å². The highest BCUT2D eigenvalue weighted by molar-refractivity contribution is 7.99. The third-order valence-electron chi connectivity index (χ3n) is 4.26. The van der Waals surface area contributed by atoms with Crippen LogP contribution in [0, 0.1) is 0 Å². The number of amides is 2. The molecule has 1 aliphatic carbocycles. The monoisotopic (exact) mass is 341 g/mol. The number of carbonyl (C=O) groups excluding carboxylic acids is 1. The number of aryl methyl sites for hydroxylation is 1. The molecule has 0 aromatic carbocycles. The molecular weight excluding hydrogens is 314 g/mol. The third-order valence-corrected chi connectivity index (χ3v) is 6.81. The van der Waals surface area contributed by atoms with Crippen LogP contribution in [-0.4, -0.2) is 40.0 Å². The highest BCUT2D eigenvalue weighted by Gasteiger charge is 2.30. The van der Waals surface area contributed by atoms with Crippen molar-refractivity contribution in [3.8, 4) is 0 Å². The molecule has 2 rings (SSSR count). The van der Waals surface area contributed by atoms with Gasteiger partial charge in [0.1, 0.15) is 5.01 Å². The van der Waals surface area contributed by atoms with Gasteiger partial charge in [0.05, 0.1) is 6.04 Å². The van der Waals surface area contributed by atoms with Gasteiger partial charge < -0.3 is 10.2 Å². The molecule has 1 heterocycles. The van der Waals surface area contributed by atoms with Crippen molar-refractivity contribution < 1.29 is 4.79 Å². The van der Waals surface area contributed by atoms with Crippen LogP contribution >= 0.6 is 23.1 Å². The van der Waals surface area contributed by atoms with Gasteiger partial charge in [0, 0.05) is 29.4 Å². The maximum absolute atomic E-state index is 12.4. The van der Waals surface area contributed by atoms with Crippen molar-refractivity contribution in [2.75, 3.05) is 12.8 Å². The zero-order valence-electron chi connectivity index (χ0n) is 14.0. The highest BCUT2D eigenvalue weighted by Crippen LogP contribution is 2.32. The molecule has 1 saturated carbocycles. The second-order valence-electron chi connectivity index (χ2n) is 5.84. The molecule has 3 atom stereocenters. The molecule has 1 fully saturated rings. The molecule has 124 valence electrons. The quantitative estimate of drug-likeness (QED) is 0.848. The molecule has 22 heavy (non-hydrogen) atoms. The summed E-state index contributed by atoms with van der Waals surface area (Å²) in [5.74, 6) is 1.16. The zero-order valence-corrected chi connectivity index (χ0v) is 15.6. The van der Waals surface area contributed by atoms with E-state index in [4.69, 9.17) is 0 Å². The number of carbonyl (C=O) groups is 1. The average Bonchev–Trinajstić information content (AvgIpc) is 3.15. The third kappa shape index (κ3) is 4.38. The normalized spacial score (nSPS) is 22.5. The summed E-state index contributed by atoms with van der Waals surface area (Å²) in [4.78, 5) is 20.0. The molecule has 1 aliphatic rings. The molecule has 2 amide bonds. The Balaban J connectivity index is 1.86. The van der Waals surface area contributed by atoms with E-state index in [9.17, 15) is 4.79 Å². The molecule has 1 aromatic rings. The number of hydrogen-bond acceptors (Lipinski definition) is 4. The van der Waals surface area contributed by atoms with Crippen LogP contribution in [0.1, 0.15) is 56.0 Å². The van der Waals surface area contributed by atoms with E-state index >= 15 is 0 Å². The van der Waals surface area contributed by atoms with Crippen molar-refractivity contribution >= 4 is 29.1 Å². The van der Waals surface area contributed by atoms with Crippen molar-refractivity contribution in [2.24, 2.45) is 0 Å². The van der Waals surface area contributed by atoms with Gasteiger partial charge in [0.15, 0.2) is 0 Å². The fraction of sp³-hybridized carbons (Fsp3) is 0.750. The first-order chi connectivity index (χ1) is 10.5. The summed E-state index contributed by atoms with van der Waals surface area (Å²) in [5, 5.41) is 4.79. The summed E-state index contributed by atoms with van der Waals surface area (Å²) in [7, 11) is 1.92. The summed E-state index contributed by atoms with van der Waals surface area (Å²) in [6.45, 7) is 6.34. The van der Waals surface area contributed by atoms with Gasteiger partial charge in [-0.1, -0.05) is 13.8 Å². The minimum Gasteiger partial charge on any atom is -0.329 e. The van der Waals surface area contributed by atoms with Crippen LogP contribution < -0.4 is 5.32 Å². The van der Waals surface area contributed by atoms with E-state index in [1.165, 1.54) is 11.3 Å². The summed E-state index contributed by atoms with van der Waals surface area (Å²) in [6.07, 6.45) is 6.37. The van der Waals surface area contributed by atoms with E-state index < -0.39 is 0 Å². The number of nitrogens with one attached hydrogen (secondary N) is 1. The van der Waals surface area contributed by atoms with Crippen molar-refractivity contribution in [1.82, 2.24) is 15.2 Å². The van der Waals surface area contributed by atoms with Crippen LogP contribution in [-0.2, 0) is 6.42 Å². The lowest BCUT2D eigenvalue weighted by molar-refractivity contribution is 0.188. The van der Waals surface area contributed by atoms with Gasteiger partial charge in [0.25, 0.3) is 0 Å². The maximum atomic E-state index is 12.4. The van der Waals surface area contributed by atoms with Crippen LogP contribution in [0.4, 0.5) is 4.79 Å². The van der Waals surface area contributed by atoms with Crippen molar-refractivity contribution in [2.45, 2.75) is 63.8 Å². The van der Waals surface area contributed by atoms with Gasteiger partial charge in [-0.3, -0.25) is 0 Å². The standard InChI is InChI=1S/C16H27N3OS2/c1-5-13-10-17-15(22-13)11(3)18-16(20)19(4)12-7-8-14(9-12)21-6-2/h10-12,14H,5-9H2,1-4H3,(H,18,20)/t11-,12+,14+/m0/s1. The van der Waals surface area contributed by atoms with Crippen LogP contribution in [0.3, 0.4) is 0 Å². The number of hydrogen-bond donors (Lipinski definition) is 1. The fourth-order valence-corrected chi connectivity index (χ4v) is 4.85. The van der Waals surface area contributed by atoms with Gasteiger partial charge in [0.2, 0.25) is 0 Å². The molecule has 6 heteroatoms. The Morgan fingerprint density at radius 2 is 2.32 bits per heavy atom. The van der Waals surface area contributed by atoms with E-state index in [0.717, 1.165) is 30.0 Å². The molecule has 0 bridgehead atoms. The van der Waals surface area contributed by atoms with Gasteiger partial charge >= 0.3 is 6.03 Å². The number of aromatic nitrogens is 1. The number of nitrogens with zero attached hydrogens (tertiary/aromatic N) is 2. The van der Waals surface area contributed by atoms with Crippen molar-refractivity contribution in [3.63, 3.8) is 0 Å². The predicted molar refractivity (Wildman–Crippen MR) is 95.8 cm³/mol. The number of rotatable bonds is 6. The number of urea groups is 1. The van der Waals surface area contributed by atoms with Gasteiger partial charge in [-0.25, -0.2) is 9.78 Å². The van der Waals surface area contributed by atoms with Crippen molar-refractivity contribution in [1.29, 1.82) is 0 Å². The zero-order chi connectivity index (χ0) is 16.1. The number of thioether (sulfide) groups is 1. The second kappa shape index (κ2) is 8.20. The lowest BCUT2D eigenvalue weighted by atomic mass is 10.2. The van der Waals surface area contributed by atoms with Crippen LogP contribution in [0.5, 0.6) is 0 Å². The second-order valence-corrected chi connectivity index (χ2v) is 8.57. The van der Waals surface area contributed by atoms with Crippen LogP contribution in [0.15, 0.2) is 6.20 Å².